The summed E-state index contributed by atoms with van der Waals surface area (Å²) in [5.41, 5.74) is 0.947. The fourth-order valence-electron chi connectivity index (χ4n) is 1.89. The SMILES string of the molecule is CC(NCc1c(F)cccc1F)c1ccccc1Cl. The van der Waals surface area contributed by atoms with Crippen LogP contribution in [0, 0.1) is 11.6 Å². The first-order valence-electron chi connectivity index (χ1n) is 6.00. The molecule has 0 spiro atoms. The molecule has 1 N–H and O–H groups in total. The van der Waals surface area contributed by atoms with Gasteiger partial charge in [0.05, 0.1) is 0 Å². The minimum Gasteiger partial charge on any atom is -0.306 e. The van der Waals surface area contributed by atoms with E-state index in [1.54, 1.807) is 6.07 Å². The molecule has 0 heterocycles. The zero-order chi connectivity index (χ0) is 13.8. The minimum absolute atomic E-state index is 0.0430. The van der Waals surface area contributed by atoms with Crippen LogP contribution in [0.15, 0.2) is 42.5 Å². The highest BCUT2D eigenvalue weighted by atomic mass is 35.5. The minimum atomic E-state index is -0.543. The number of benzene rings is 2. The third-order valence-corrected chi connectivity index (χ3v) is 3.36. The van der Waals surface area contributed by atoms with Gasteiger partial charge >= 0.3 is 0 Å². The highest BCUT2D eigenvalue weighted by molar-refractivity contribution is 6.31. The zero-order valence-electron chi connectivity index (χ0n) is 10.5. The smallest absolute Gasteiger partial charge is 0.130 e. The molecule has 2 aromatic rings. The lowest BCUT2D eigenvalue weighted by Gasteiger charge is -2.16. The van der Waals surface area contributed by atoms with Gasteiger partial charge in [-0.05, 0) is 30.7 Å². The molecular formula is C15H14ClF2N. The van der Waals surface area contributed by atoms with Gasteiger partial charge < -0.3 is 5.32 Å². The van der Waals surface area contributed by atoms with Crippen LogP contribution in [0.1, 0.15) is 24.1 Å². The Morgan fingerprint density at radius 3 is 2.32 bits per heavy atom. The first kappa shape index (κ1) is 14.0. The van der Waals surface area contributed by atoms with Crippen molar-refractivity contribution in [2.45, 2.75) is 19.5 Å². The number of hydrogen-bond acceptors (Lipinski definition) is 1. The Balaban J connectivity index is 2.09. The predicted octanol–water partition coefficient (Wildman–Crippen LogP) is 4.47. The van der Waals surface area contributed by atoms with Crippen LogP contribution < -0.4 is 5.32 Å². The largest absolute Gasteiger partial charge is 0.306 e. The van der Waals surface area contributed by atoms with Crippen molar-refractivity contribution in [3.8, 4) is 0 Å². The maximum absolute atomic E-state index is 13.5. The number of rotatable bonds is 4. The van der Waals surface area contributed by atoms with Crippen molar-refractivity contribution in [3.63, 3.8) is 0 Å². The fraction of sp³-hybridized carbons (Fsp3) is 0.200. The Bertz CT molecular complexity index is 552. The third kappa shape index (κ3) is 3.31. The van der Waals surface area contributed by atoms with Crippen molar-refractivity contribution < 1.29 is 8.78 Å². The van der Waals surface area contributed by atoms with Crippen LogP contribution in [0.25, 0.3) is 0 Å². The predicted molar refractivity (Wildman–Crippen MR) is 73.1 cm³/mol. The molecule has 2 aromatic carbocycles. The van der Waals surface area contributed by atoms with E-state index in [2.05, 4.69) is 5.32 Å². The molecule has 1 unspecified atom stereocenters. The molecular weight excluding hydrogens is 268 g/mol. The summed E-state index contributed by atoms with van der Waals surface area (Å²) in [4.78, 5) is 0. The maximum atomic E-state index is 13.5. The average molecular weight is 282 g/mol. The molecule has 0 aliphatic rings. The van der Waals surface area contributed by atoms with Crippen LogP contribution in [-0.2, 0) is 6.54 Å². The van der Waals surface area contributed by atoms with Crippen molar-refractivity contribution in [2.75, 3.05) is 0 Å². The molecule has 0 saturated carbocycles. The van der Waals surface area contributed by atoms with Gasteiger partial charge in [-0.25, -0.2) is 8.78 Å². The van der Waals surface area contributed by atoms with E-state index in [-0.39, 0.29) is 18.2 Å². The normalized spacial score (nSPS) is 12.4. The summed E-state index contributed by atoms with van der Waals surface area (Å²) in [7, 11) is 0. The fourth-order valence-corrected chi connectivity index (χ4v) is 2.19. The van der Waals surface area contributed by atoms with Gasteiger partial charge in [-0.15, -0.1) is 0 Å². The number of hydrogen-bond donors (Lipinski definition) is 1. The molecule has 0 radical (unpaired) electrons. The van der Waals surface area contributed by atoms with Gasteiger partial charge in [-0.1, -0.05) is 35.9 Å². The molecule has 4 heteroatoms. The van der Waals surface area contributed by atoms with Crippen molar-refractivity contribution in [1.29, 1.82) is 0 Å². The summed E-state index contributed by atoms with van der Waals surface area (Å²) >= 11 is 6.08. The lowest BCUT2D eigenvalue weighted by atomic mass is 10.1. The molecule has 1 nitrogen and oxygen atoms in total. The van der Waals surface area contributed by atoms with Crippen molar-refractivity contribution in [1.82, 2.24) is 5.32 Å². The van der Waals surface area contributed by atoms with Crippen LogP contribution in [0.5, 0.6) is 0 Å². The summed E-state index contributed by atoms with van der Waals surface area (Å²) < 4.78 is 27.0. The highest BCUT2D eigenvalue weighted by Crippen LogP contribution is 2.23. The molecule has 0 fully saturated rings. The van der Waals surface area contributed by atoms with Crippen molar-refractivity contribution in [2.24, 2.45) is 0 Å². The van der Waals surface area contributed by atoms with E-state index >= 15 is 0 Å². The van der Waals surface area contributed by atoms with Crippen LogP contribution in [0.3, 0.4) is 0 Å². The van der Waals surface area contributed by atoms with Gasteiger partial charge in [0.1, 0.15) is 11.6 Å². The second kappa shape index (κ2) is 6.13. The summed E-state index contributed by atoms with van der Waals surface area (Å²) in [6, 6.07) is 11.2. The van der Waals surface area contributed by atoms with Gasteiger partial charge in [0.25, 0.3) is 0 Å². The number of nitrogens with one attached hydrogen (secondary N) is 1. The van der Waals surface area contributed by atoms with E-state index in [4.69, 9.17) is 11.6 Å². The second-order valence-electron chi connectivity index (χ2n) is 4.32. The summed E-state index contributed by atoms with van der Waals surface area (Å²) in [6.07, 6.45) is 0. The lowest BCUT2D eigenvalue weighted by molar-refractivity contribution is 0.509. The molecule has 1 atom stereocenters. The van der Waals surface area contributed by atoms with Crippen LogP contribution in [0.4, 0.5) is 8.78 Å². The third-order valence-electron chi connectivity index (χ3n) is 3.02. The monoisotopic (exact) mass is 281 g/mol. The van der Waals surface area contributed by atoms with Gasteiger partial charge in [0, 0.05) is 23.2 Å². The van der Waals surface area contributed by atoms with Crippen LogP contribution in [0.2, 0.25) is 5.02 Å². The quantitative estimate of drug-likeness (QED) is 0.872. The molecule has 0 amide bonds. The Kier molecular flexibility index (Phi) is 4.51. The average Bonchev–Trinajstić information content (AvgIpc) is 2.38. The second-order valence-corrected chi connectivity index (χ2v) is 4.73. The molecule has 0 aromatic heterocycles. The van der Waals surface area contributed by atoms with Gasteiger partial charge in [-0.3, -0.25) is 0 Å². The Labute approximate surface area is 116 Å². The van der Waals surface area contributed by atoms with E-state index in [9.17, 15) is 8.78 Å². The van der Waals surface area contributed by atoms with Gasteiger partial charge in [0.15, 0.2) is 0 Å². The van der Waals surface area contributed by atoms with E-state index in [1.807, 2.05) is 25.1 Å². The lowest BCUT2D eigenvalue weighted by Crippen LogP contribution is -2.20. The van der Waals surface area contributed by atoms with E-state index in [0.717, 1.165) is 5.56 Å². The summed E-state index contributed by atoms with van der Waals surface area (Å²) in [6.45, 7) is 2.02. The van der Waals surface area contributed by atoms with E-state index < -0.39 is 11.6 Å². The molecule has 0 bridgehead atoms. The molecule has 100 valence electrons. The first-order chi connectivity index (χ1) is 9.09. The molecule has 0 saturated heterocycles. The Morgan fingerprint density at radius 1 is 1.05 bits per heavy atom. The van der Waals surface area contributed by atoms with Crippen LogP contribution >= 0.6 is 11.6 Å². The number of halogens is 3. The Morgan fingerprint density at radius 2 is 1.68 bits per heavy atom. The van der Waals surface area contributed by atoms with Gasteiger partial charge in [-0.2, -0.15) is 0 Å². The first-order valence-corrected chi connectivity index (χ1v) is 6.38. The van der Waals surface area contributed by atoms with E-state index in [0.29, 0.717) is 5.02 Å². The van der Waals surface area contributed by atoms with Crippen molar-refractivity contribution in [3.05, 3.63) is 70.2 Å². The molecule has 2 rings (SSSR count). The molecule has 19 heavy (non-hydrogen) atoms. The zero-order valence-corrected chi connectivity index (χ0v) is 11.2. The Hall–Kier alpha value is -1.45. The van der Waals surface area contributed by atoms with Gasteiger partial charge in [0.2, 0.25) is 0 Å². The topological polar surface area (TPSA) is 12.0 Å². The van der Waals surface area contributed by atoms with E-state index in [1.165, 1.54) is 18.2 Å². The van der Waals surface area contributed by atoms with Crippen molar-refractivity contribution >= 4 is 11.6 Å². The summed E-state index contributed by atoms with van der Waals surface area (Å²) in [5.74, 6) is -1.09. The maximum Gasteiger partial charge on any atom is 0.130 e. The molecule has 0 aliphatic heterocycles. The highest BCUT2D eigenvalue weighted by Gasteiger charge is 2.12. The van der Waals surface area contributed by atoms with Crippen LogP contribution in [-0.4, -0.2) is 0 Å². The standard InChI is InChI=1S/C15H14ClF2N/c1-10(11-5-2-3-6-13(11)16)19-9-12-14(17)7-4-8-15(12)18/h2-8,10,19H,9H2,1H3. The summed E-state index contributed by atoms with van der Waals surface area (Å²) in [5, 5.41) is 3.71. The molecule has 0 aliphatic carbocycles.